The van der Waals surface area contributed by atoms with Gasteiger partial charge in [-0.1, -0.05) is 30.3 Å². The van der Waals surface area contributed by atoms with E-state index in [0.717, 1.165) is 26.1 Å². The molecule has 2 rings (SSSR count). The molecule has 17 heavy (non-hydrogen) atoms. The summed E-state index contributed by atoms with van der Waals surface area (Å²) in [5, 5.41) is 12.6. The minimum Gasteiger partial charge on any atom is -0.314 e. The van der Waals surface area contributed by atoms with Crippen molar-refractivity contribution in [2.24, 2.45) is 0 Å². The highest BCUT2D eigenvalue weighted by Gasteiger charge is 2.21. The predicted octanol–water partition coefficient (Wildman–Crippen LogP) is 1.23. The summed E-state index contributed by atoms with van der Waals surface area (Å²) in [6, 6.07) is 10.9. The van der Waals surface area contributed by atoms with Gasteiger partial charge in [0.2, 0.25) is 0 Å². The van der Waals surface area contributed by atoms with Gasteiger partial charge in [-0.2, -0.15) is 0 Å². The van der Waals surface area contributed by atoms with Crippen molar-refractivity contribution in [1.82, 2.24) is 15.8 Å². The molecule has 0 bridgehead atoms. The van der Waals surface area contributed by atoms with Crippen molar-refractivity contribution in [2.45, 2.75) is 12.5 Å². The summed E-state index contributed by atoms with van der Waals surface area (Å²) in [4.78, 5) is 0. The Bertz CT molecular complexity index is 331. The Morgan fingerprint density at radius 2 is 2.18 bits per heavy atom. The molecule has 1 atom stereocenters. The third kappa shape index (κ3) is 4.25. The van der Waals surface area contributed by atoms with Crippen molar-refractivity contribution < 1.29 is 0 Å². The number of nitrogens with zero attached hydrogens (tertiary/aromatic N) is 1. The van der Waals surface area contributed by atoms with E-state index in [4.69, 9.17) is 5.41 Å². The Labute approximate surface area is 119 Å². The topological polar surface area (TPSA) is 51.2 Å². The quantitative estimate of drug-likeness (QED) is 0.437. The fraction of sp³-hybridized carbons (Fsp3) is 0.417. The fourth-order valence-electron chi connectivity index (χ4n) is 2.08. The summed E-state index contributed by atoms with van der Waals surface area (Å²) in [6.07, 6.45) is 2.26. The lowest BCUT2D eigenvalue weighted by molar-refractivity contribution is 0.131. The van der Waals surface area contributed by atoms with Crippen LogP contribution in [0.15, 0.2) is 30.3 Å². The first kappa shape index (κ1) is 14.4. The number of benzene rings is 1. The molecule has 0 spiro atoms. The molecule has 0 amide bonds. The van der Waals surface area contributed by atoms with Crippen LogP contribution >= 0.6 is 24.0 Å². The molecule has 1 unspecified atom stereocenters. The molecule has 1 heterocycles. The number of nitrogens with one attached hydrogen (secondary N) is 3. The zero-order valence-corrected chi connectivity index (χ0v) is 12.1. The van der Waals surface area contributed by atoms with E-state index >= 15 is 0 Å². The van der Waals surface area contributed by atoms with E-state index in [1.807, 2.05) is 6.07 Å². The van der Waals surface area contributed by atoms with E-state index in [1.165, 1.54) is 11.9 Å². The van der Waals surface area contributed by atoms with Crippen LogP contribution in [-0.2, 0) is 6.42 Å². The minimum atomic E-state index is 0. The highest BCUT2D eigenvalue weighted by Crippen LogP contribution is 2.08. The SMILES string of the molecule is I.N=CNN1CCNCC1Cc1ccccc1. The van der Waals surface area contributed by atoms with Crippen LogP contribution < -0.4 is 10.7 Å². The summed E-state index contributed by atoms with van der Waals surface area (Å²) in [5.41, 5.74) is 4.33. The van der Waals surface area contributed by atoms with Gasteiger partial charge in [0, 0.05) is 25.7 Å². The molecule has 1 aliphatic heterocycles. The number of rotatable bonds is 4. The molecule has 0 aliphatic carbocycles. The molecule has 1 aliphatic rings. The summed E-state index contributed by atoms with van der Waals surface area (Å²) in [5.74, 6) is 0. The first-order valence-corrected chi connectivity index (χ1v) is 5.66. The lowest BCUT2D eigenvalue weighted by atomic mass is 10.0. The molecule has 94 valence electrons. The molecule has 5 heteroatoms. The minimum absolute atomic E-state index is 0. The molecule has 1 fully saturated rings. The molecule has 0 radical (unpaired) electrons. The largest absolute Gasteiger partial charge is 0.314 e. The van der Waals surface area contributed by atoms with E-state index in [9.17, 15) is 0 Å². The van der Waals surface area contributed by atoms with Crippen LogP contribution in [0, 0.1) is 5.41 Å². The van der Waals surface area contributed by atoms with Crippen LogP contribution in [0.2, 0.25) is 0 Å². The second-order valence-electron chi connectivity index (χ2n) is 4.01. The van der Waals surface area contributed by atoms with Gasteiger partial charge >= 0.3 is 0 Å². The third-order valence-electron chi connectivity index (χ3n) is 2.89. The van der Waals surface area contributed by atoms with Gasteiger partial charge in [-0.05, 0) is 12.0 Å². The maximum absolute atomic E-state index is 7.11. The van der Waals surface area contributed by atoms with Crippen LogP contribution in [0.4, 0.5) is 0 Å². The Hall–Kier alpha value is -0.660. The van der Waals surface area contributed by atoms with Crippen molar-refractivity contribution in [2.75, 3.05) is 19.6 Å². The summed E-state index contributed by atoms with van der Waals surface area (Å²) < 4.78 is 0. The van der Waals surface area contributed by atoms with Gasteiger partial charge in [0.25, 0.3) is 0 Å². The van der Waals surface area contributed by atoms with Crippen molar-refractivity contribution in [3.8, 4) is 0 Å². The van der Waals surface area contributed by atoms with Gasteiger partial charge in [-0.15, -0.1) is 24.0 Å². The fourth-order valence-corrected chi connectivity index (χ4v) is 2.08. The van der Waals surface area contributed by atoms with E-state index < -0.39 is 0 Å². The van der Waals surface area contributed by atoms with Crippen LogP contribution in [0.3, 0.4) is 0 Å². The van der Waals surface area contributed by atoms with E-state index in [0.29, 0.717) is 6.04 Å². The highest BCUT2D eigenvalue weighted by atomic mass is 127. The summed E-state index contributed by atoms with van der Waals surface area (Å²) in [7, 11) is 0. The lowest BCUT2D eigenvalue weighted by Gasteiger charge is -2.35. The molecule has 1 aromatic carbocycles. The smallest absolute Gasteiger partial charge is 0.0936 e. The van der Waals surface area contributed by atoms with Gasteiger partial charge in [0.15, 0.2) is 0 Å². The predicted molar refractivity (Wildman–Crippen MR) is 80.8 cm³/mol. The zero-order chi connectivity index (χ0) is 11.2. The molecule has 0 saturated carbocycles. The second kappa shape index (κ2) is 7.62. The standard InChI is InChI=1S/C12H18N4.HI/c13-10-15-16-7-6-14-9-12(16)8-11-4-2-1-3-5-11;/h1-5,10,12,14H,6-9H2,(H2,13,15);1H. The van der Waals surface area contributed by atoms with Crippen molar-refractivity contribution in [3.63, 3.8) is 0 Å². The molecule has 1 saturated heterocycles. The Kier molecular flexibility index (Phi) is 6.46. The molecule has 0 aromatic heterocycles. The first-order valence-electron chi connectivity index (χ1n) is 5.66. The van der Waals surface area contributed by atoms with Crippen LogP contribution in [0.25, 0.3) is 0 Å². The van der Waals surface area contributed by atoms with Gasteiger partial charge in [-0.3, -0.25) is 5.41 Å². The van der Waals surface area contributed by atoms with Crippen LogP contribution in [0.5, 0.6) is 0 Å². The number of hydrogen-bond acceptors (Lipinski definition) is 3. The number of hydrogen-bond donors (Lipinski definition) is 3. The first-order chi connectivity index (χ1) is 7.90. The number of hydrazine groups is 1. The van der Waals surface area contributed by atoms with Gasteiger partial charge in [0.05, 0.1) is 6.34 Å². The lowest BCUT2D eigenvalue weighted by Crippen LogP contribution is -2.57. The maximum atomic E-state index is 7.11. The average Bonchev–Trinajstić information content (AvgIpc) is 2.33. The summed E-state index contributed by atoms with van der Waals surface area (Å²) in [6.45, 7) is 2.88. The van der Waals surface area contributed by atoms with E-state index in [-0.39, 0.29) is 24.0 Å². The van der Waals surface area contributed by atoms with Crippen molar-refractivity contribution >= 4 is 30.3 Å². The van der Waals surface area contributed by atoms with E-state index in [2.05, 4.69) is 40.0 Å². The monoisotopic (exact) mass is 346 g/mol. The van der Waals surface area contributed by atoms with Gasteiger partial charge in [-0.25, -0.2) is 5.01 Å². The Balaban J connectivity index is 0.00000144. The van der Waals surface area contributed by atoms with E-state index in [1.54, 1.807) is 0 Å². The van der Waals surface area contributed by atoms with Crippen LogP contribution in [0.1, 0.15) is 5.56 Å². The van der Waals surface area contributed by atoms with Crippen molar-refractivity contribution in [3.05, 3.63) is 35.9 Å². The Morgan fingerprint density at radius 1 is 1.41 bits per heavy atom. The molecule has 3 N–H and O–H groups in total. The van der Waals surface area contributed by atoms with Gasteiger partial charge in [0.1, 0.15) is 0 Å². The molecular formula is C12H19IN4. The normalized spacial score (nSPS) is 20.4. The number of piperazine rings is 1. The number of halogens is 1. The highest BCUT2D eigenvalue weighted by molar-refractivity contribution is 14.0. The molecule has 1 aromatic rings. The molecule has 4 nitrogen and oxygen atoms in total. The average molecular weight is 346 g/mol. The zero-order valence-electron chi connectivity index (χ0n) is 9.73. The maximum Gasteiger partial charge on any atom is 0.0936 e. The van der Waals surface area contributed by atoms with Gasteiger partial charge < -0.3 is 10.7 Å². The summed E-state index contributed by atoms with van der Waals surface area (Å²) >= 11 is 0. The second-order valence-corrected chi connectivity index (χ2v) is 4.01. The molecular weight excluding hydrogens is 327 g/mol. The Morgan fingerprint density at radius 3 is 2.88 bits per heavy atom. The van der Waals surface area contributed by atoms with Crippen LogP contribution in [-0.4, -0.2) is 37.0 Å². The van der Waals surface area contributed by atoms with Crippen molar-refractivity contribution in [1.29, 1.82) is 5.41 Å². The third-order valence-corrected chi connectivity index (χ3v) is 2.89.